The van der Waals surface area contributed by atoms with E-state index in [1.807, 2.05) is 19.1 Å². The molecule has 0 radical (unpaired) electrons. The maximum Gasteiger partial charge on any atom is 0.264 e. The Morgan fingerprint density at radius 2 is 1.78 bits per heavy atom. The molecule has 0 fully saturated rings. The second-order valence-electron chi connectivity index (χ2n) is 7.56. The van der Waals surface area contributed by atoms with Crippen molar-refractivity contribution >= 4 is 40.6 Å². The molecule has 0 aliphatic carbocycles. The van der Waals surface area contributed by atoms with Crippen LogP contribution in [-0.2, 0) is 16.9 Å². The van der Waals surface area contributed by atoms with Gasteiger partial charge in [0.05, 0.1) is 25.3 Å². The van der Waals surface area contributed by atoms with E-state index in [0.29, 0.717) is 39.2 Å². The van der Waals surface area contributed by atoms with Crippen molar-refractivity contribution in [3.05, 3.63) is 93.5 Å². The van der Waals surface area contributed by atoms with Crippen LogP contribution in [0.25, 0.3) is 0 Å². The first-order chi connectivity index (χ1) is 15.3. The van der Waals surface area contributed by atoms with Crippen molar-refractivity contribution < 1.29 is 19.4 Å². The van der Waals surface area contributed by atoms with Crippen molar-refractivity contribution in [3.63, 3.8) is 0 Å². The Morgan fingerprint density at radius 1 is 1.06 bits per heavy atom. The average molecular weight is 470 g/mol. The van der Waals surface area contributed by atoms with Gasteiger partial charge in [-0.15, -0.1) is 0 Å². The molecular weight excluding hydrogens is 449 g/mol. The minimum atomic E-state index is -2.03. The van der Waals surface area contributed by atoms with Crippen molar-refractivity contribution in [2.24, 2.45) is 0 Å². The molecule has 1 heterocycles. The van der Waals surface area contributed by atoms with Gasteiger partial charge in [-0.2, -0.15) is 0 Å². The lowest BCUT2D eigenvalue weighted by atomic mass is 9.88. The van der Waals surface area contributed by atoms with E-state index in [4.69, 9.17) is 27.9 Å². The molecule has 5 nitrogen and oxygen atoms in total. The topological polar surface area (TPSA) is 66.8 Å². The first-order valence-electron chi connectivity index (χ1n) is 10.2. The fourth-order valence-corrected chi connectivity index (χ4v) is 4.25. The molecule has 164 valence electrons. The Bertz CT molecular complexity index is 1180. The Labute approximate surface area is 196 Å². The maximum absolute atomic E-state index is 13.4. The van der Waals surface area contributed by atoms with Crippen LogP contribution >= 0.6 is 23.2 Å². The summed E-state index contributed by atoms with van der Waals surface area (Å²) in [6.45, 7) is 2.55. The molecule has 32 heavy (non-hydrogen) atoms. The second-order valence-corrected chi connectivity index (χ2v) is 8.41. The van der Waals surface area contributed by atoms with Crippen molar-refractivity contribution in [1.82, 2.24) is 0 Å². The van der Waals surface area contributed by atoms with E-state index in [1.165, 1.54) is 11.0 Å². The normalized spacial score (nSPS) is 17.4. The van der Waals surface area contributed by atoms with Gasteiger partial charge in [-0.1, -0.05) is 41.4 Å². The third-order valence-electron chi connectivity index (χ3n) is 5.48. The molecule has 1 aliphatic heterocycles. The number of ether oxygens (including phenoxy) is 1. The summed E-state index contributed by atoms with van der Waals surface area (Å²) < 4.78 is 5.40. The molecule has 1 atom stereocenters. The van der Waals surface area contributed by atoms with E-state index in [1.54, 1.807) is 48.5 Å². The number of anilines is 1. The van der Waals surface area contributed by atoms with Gasteiger partial charge in [0.25, 0.3) is 5.91 Å². The number of hydrogen-bond donors (Lipinski definition) is 1. The van der Waals surface area contributed by atoms with Crippen molar-refractivity contribution in [2.75, 3.05) is 11.5 Å². The van der Waals surface area contributed by atoms with E-state index in [9.17, 15) is 14.7 Å². The highest BCUT2D eigenvalue weighted by Gasteiger charge is 2.51. The quantitative estimate of drug-likeness (QED) is 0.470. The van der Waals surface area contributed by atoms with Gasteiger partial charge in [-0.25, -0.2) is 0 Å². The standard InChI is InChI=1S/C25H21Cl2NO4/c1-2-32-19-10-7-16(8-11-19)23(29)14-25(31)20-13-18(26)9-12-22(20)28(24(25)30)15-17-5-3-4-6-21(17)27/h3-13,31H,2,14-15H2,1H3/t25-/m0/s1. The van der Waals surface area contributed by atoms with Gasteiger partial charge in [-0.05, 0) is 61.0 Å². The summed E-state index contributed by atoms with van der Waals surface area (Å²) in [4.78, 5) is 27.9. The van der Waals surface area contributed by atoms with Gasteiger partial charge in [-0.3, -0.25) is 9.59 Å². The van der Waals surface area contributed by atoms with Crippen LogP contribution in [0.3, 0.4) is 0 Å². The number of amides is 1. The Kier molecular flexibility index (Phi) is 6.24. The van der Waals surface area contributed by atoms with E-state index in [-0.39, 0.29) is 12.3 Å². The first-order valence-corrected chi connectivity index (χ1v) is 10.9. The van der Waals surface area contributed by atoms with Crippen LogP contribution in [0, 0.1) is 0 Å². The van der Waals surface area contributed by atoms with Crippen LogP contribution < -0.4 is 9.64 Å². The predicted molar refractivity (Wildman–Crippen MR) is 125 cm³/mol. The zero-order chi connectivity index (χ0) is 22.9. The summed E-state index contributed by atoms with van der Waals surface area (Å²) in [5.41, 5.74) is -0.118. The molecule has 3 aromatic rings. The van der Waals surface area contributed by atoms with E-state index < -0.39 is 17.9 Å². The summed E-state index contributed by atoms with van der Waals surface area (Å²) >= 11 is 12.5. The van der Waals surface area contributed by atoms with Gasteiger partial charge >= 0.3 is 0 Å². The fourth-order valence-electron chi connectivity index (χ4n) is 3.89. The van der Waals surface area contributed by atoms with Crippen LogP contribution in [0.2, 0.25) is 10.0 Å². The average Bonchev–Trinajstić information content (AvgIpc) is 2.97. The summed E-state index contributed by atoms with van der Waals surface area (Å²) in [7, 11) is 0. The second kappa shape index (κ2) is 8.94. The number of benzene rings is 3. The van der Waals surface area contributed by atoms with Gasteiger partial charge in [0.2, 0.25) is 0 Å². The van der Waals surface area contributed by atoms with Gasteiger partial charge in [0, 0.05) is 21.2 Å². The first kappa shape index (κ1) is 22.3. The molecule has 0 spiro atoms. The highest BCUT2D eigenvalue weighted by molar-refractivity contribution is 6.31. The molecule has 1 amide bonds. The van der Waals surface area contributed by atoms with Gasteiger partial charge in [0.15, 0.2) is 11.4 Å². The van der Waals surface area contributed by atoms with Crippen molar-refractivity contribution in [3.8, 4) is 5.75 Å². The molecule has 0 saturated carbocycles. The molecule has 0 aromatic heterocycles. The number of Topliss-reactive ketones (excluding diaryl/α,β-unsaturated/α-hetero) is 1. The number of aliphatic hydroxyl groups is 1. The molecular formula is C25H21Cl2NO4. The fraction of sp³-hybridized carbons (Fsp3) is 0.200. The molecule has 1 N–H and O–H groups in total. The predicted octanol–water partition coefficient (Wildman–Crippen LogP) is 5.40. The number of carbonyl (C=O) groups is 2. The summed E-state index contributed by atoms with van der Waals surface area (Å²) in [5, 5.41) is 12.4. The van der Waals surface area contributed by atoms with E-state index >= 15 is 0 Å². The lowest BCUT2D eigenvalue weighted by Gasteiger charge is -2.23. The number of ketones is 1. The van der Waals surface area contributed by atoms with Crippen molar-refractivity contribution in [2.45, 2.75) is 25.5 Å². The minimum absolute atomic E-state index is 0.159. The van der Waals surface area contributed by atoms with Gasteiger partial charge in [0.1, 0.15) is 5.75 Å². The van der Waals surface area contributed by atoms with Crippen LogP contribution in [0.5, 0.6) is 5.75 Å². The lowest BCUT2D eigenvalue weighted by molar-refractivity contribution is -0.136. The van der Waals surface area contributed by atoms with Crippen molar-refractivity contribution in [1.29, 1.82) is 0 Å². The maximum atomic E-state index is 13.4. The molecule has 0 unspecified atom stereocenters. The molecule has 1 aliphatic rings. The van der Waals surface area contributed by atoms with E-state index in [2.05, 4.69) is 0 Å². The smallest absolute Gasteiger partial charge is 0.264 e. The Balaban J connectivity index is 1.67. The summed E-state index contributed by atoms with van der Waals surface area (Å²) in [6, 6.07) is 18.6. The molecule has 4 rings (SSSR count). The SMILES string of the molecule is CCOc1ccc(C(=O)C[C@@]2(O)C(=O)N(Cc3ccccc3Cl)c3ccc(Cl)cc32)cc1. The number of rotatable bonds is 7. The van der Waals surface area contributed by atoms with Gasteiger partial charge < -0.3 is 14.7 Å². The summed E-state index contributed by atoms with van der Waals surface area (Å²) in [6.07, 6.45) is -0.411. The Hall–Kier alpha value is -2.86. The minimum Gasteiger partial charge on any atom is -0.494 e. The highest BCUT2D eigenvalue weighted by Crippen LogP contribution is 2.45. The van der Waals surface area contributed by atoms with E-state index in [0.717, 1.165) is 5.56 Å². The van der Waals surface area contributed by atoms with Crippen LogP contribution in [0.1, 0.15) is 34.8 Å². The number of carbonyl (C=O) groups excluding carboxylic acids is 2. The van der Waals surface area contributed by atoms with Crippen LogP contribution in [0.4, 0.5) is 5.69 Å². The monoisotopic (exact) mass is 469 g/mol. The summed E-state index contributed by atoms with van der Waals surface area (Å²) in [5.74, 6) is -0.314. The number of halogens is 2. The third kappa shape index (κ3) is 4.11. The molecule has 0 bridgehead atoms. The largest absolute Gasteiger partial charge is 0.494 e. The molecule has 7 heteroatoms. The number of fused-ring (bicyclic) bond motifs is 1. The number of nitrogens with zero attached hydrogens (tertiary/aromatic N) is 1. The zero-order valence-corrected chi connectivity index (χ0v) is 18.9. The highest BCUT2D eigenvalue weighted by atomic mass is 35.5. The lowest BCUT2D eigenvalue weighted by Crippen LogP contribution is -2.41. The van der Waals surface area contributed by atoms with Crippen LogP contribution in [0.15, 0.2) is 66.7 Å². The third-order valence-corrected chi connectivity index (χ3v) is 6.09. The molecule has 0 saturated heterocycles. The van der Waals surface area contributed by atoms with Crippen LogP contribution in [-0.4, -0.2) is 23.4 Å². The number of hydrogen-bond acceptors (Lipinski definition) is 4. The Morgan fingerprint density at radius 3 is 2.47 bits per heavy atom. The molecule has 3 aromatic carbocycles. The zero-order valence-electron chi connectivity index (χ0n) is 17.3.